The second-order valence-electron chi connectivity index (χ2n) is 2.83. The predicted molar refractivity (Wildman–Crippen MR) is 44.9 cm³/mol. The zero-order valence-electron chi connectivity index (χ0n) is 6.76. The molecule has 0 bridgehead atoms. The van der Waals surface area contributed by atoms with Crippen LogP contribution in [0.1, 0.15) is 13.3 Å². The second kappa shape index (κ2) is 3.76. The fourth-order valence-corrected chi connectivity index (χ4v) is 1.09. The van der Waals surface area contributed by atoms with Crippen LogP contribution in [0.25, 0.3) is 0 Å². The third kappa shape index (κ3) is 2.37. The summed E-state index contributed by atoms with van der Waals surface area (Å²) in [5.74, 6) is -0.249. The quantitative estimate of drug-likeness (QED) is 0.584. The van der Waals surface area contributed by atoms with Crippen molar-refractivity contribution in [1.29, 1.82) is 0 Å². The molecule has 0 spiro atoms. The lowest BCUT2D eigenvalue weighted by molar-refractivity contribution is -0.121. The predicted octanol–water partition coefficient (Wildman–Crippen LogP) is -0.382. The molecule has 12 heavy (non-hydrogen) atoms. The Morgan fingerprint density at radius 1 is 1.83 bits per heavy atom. The number of nitrogens with one attached hydrogen (secondary N) is 2. The number of hydrogen-bond acceptors (Lipinski definition) is 2. The van der Waals surface area contributed by atoms with Gasteiger partial charge in [0.15, 0.2) is 0 Å². The van der Waals surface area contributed by atoms with Gasteiger partial charge in [0.1, 0.15) is 5.38 Å². The fraction of sp³-hybridized carbons (Fsp3) is 0.714. The van der Waals surface area contributed by atoms with E-state index in [0.717, 1.165) is 0 Å². The molecule has 2 unspecified atom stereocenters. The van der Waals surface area contributed by atoms with E-state index in [2.05, 4.69) is 10.6 Å². The first-order valence-electron chi connectivity index (χ1n) is 3.80. The second-order valence-corrected chi connectivity index (χ2v) is 3.48. The van der Waals surface area contributed by atoms with Gasteiger partial charge >= 0.3 is 0 Å². The average molecular weight is 191 g/mol. The van der Waals surface area contributed by atoms with E-state index < -0.39 is 5.38 Å². The Bertz CT molecular complexity index is 206. The number of carbonyl (C=O) groups excluding carboxylic acids is 2. The Balaban J connectivity index is 2.32. The zero-order chi connectivity index (χ0) is 9.14. The first-order chi connectivity index (χ1) is 5.59. The van der Waals surface area contributed by atoms with Gasteiger partial charge in [0.05, 0.1) is 6.04 Å². The van der Waals surface area contributed by atoms with Crippen molar-refractivity contribution in [3.8, 4) is 0 Å². The molecule has 0 aliphatic carbocycles. The summed E-state index contributed by atoms with van der Waals surface area (Å²) < 4.78 is 0. The summed E-state index contributed by atoms with van der Waals surface area (Å²) in [6.45, 7) is 2.11. The number of amides is 2. The molecule has 1 saturated heterocycles. The molecule has 1 aliphatic heterocycles. The first kappa shape index (κ1) is 9.32. The maximum Gasteiger partial charge on any atom is 0.238 e. The van der Waals surface area contributed by atoms with Crippen molar-refractivity contribution in [3.05, 3.63) is 0 Å². The summed E-state index contributed by atoms with van der Waals surface area (Å²) in [6.07, 6.45) is 0.356. The van der Waals surface area contributed by atoms with Crippen LogP contribution in [0.15, 0.2) is 0 Å². The summed E-state index contributed by atoms with van der Waals surface area (Å²) in [6, 6.07) is -0.0915. The highest BCUT2D eigenvalue weighted by molar-refractivity contribution is 6.30. The van der Waals surface area contributed by atoms with Crippen molar-refractivity contribution in [2.24, 2.45) is 0 Å². The van der Waals surface area contributed by atoms with E-state index >= 15 is 0 Å². The van der Waals surface area contributed by atoms with Gasteiger partial charge in [-0.25, -0.2) is 0 Å². The highest BCUT2D eigenvalue weighted by Gasteiger charge is 2.23. The Hall–Kier alpha value is -0.770. The molecule has 5 heteroatoms. The fourth-order valence-electron chi connectivity index (χ4n) is 1.02. The van der Waals surface area contributed by atoms with Gasteiger partial charge in [-0.05, 0) is 6.92 Å². The minimum Gasteiger partial charge on any atom is -0.354 e. The van der Waals surface area contributed by atoms with Crippen LogP contribution in [0.2, 0.25) is 0 Å². The maximum atomic E-state index is 11.0. The molecule has 2 amide bonds. The summed E-state index contributed by atoms with van der Waals surface area (Å²) >= 11 is 5.53. The Morgan fingerprint density at radius 3 is 2.92 bits per heavy atom. The van der Waals surface area contributed by atoms with Crippen LogP contribution in [-0.4, -0.2) is 29.8 Å². The van der Waals surface area contributed by atoms with Crippen molar-refractivity contribution < 1.29 is 9.59 Å². The highest BCUT2D eigenvalue weighted by Crippen LogP contribution is 2.01. The van der Waals surface area contributed by atoms with Crippen molar-refractivity contribution >= 4 is 23.4 Å². The zero-order valence-corrected chi connectivity index (χ0v) is 7.52. The van der Waals surface area contributed by atoms with Gasteiger partial charge in [-0.1, -0.05) is 0 Å². The van der Waals surface area contributed by atoms with Crippen LogP contribution in [0.4, 0.5) is 0 Å². The summed E-state index contributed by atoms with van der Waals surface area (Å²) in [5, 5.41) is 4.73. The number of hydrogen-bond donors (Lipinski definition) is 2. The number of carbonyl (C=O) groups is 2. The molecule has 0 aromatic rings. The molecular weight excluding hydrogens is 180 g/mol. The van der Waals surface area contributed by atoms with Crippen LogP contribution in [0, 0.1) is 0 Å². The topological polar surface area (TPSA) is 58.2 Å². The highest BCUT2D eigenvalue weighted by atomic mass is 35.5. The average Bonchev–Trinajstić information content (AvgIpc) is 2.35. The Kier molecular flexibility index (Phi) is 2.92. The van der Waals surface area contributed by atoms with E-state index in [1.807, 2.05) is 0 Å². The van der Waals surface area contributed by atoms with E-state index in [0.29, 0.717) is 13.0 Å². The van der Waals surface area contributed by atoms with E-state index in [9.17, 15) is 9.59 Å². The number of rotatable bonds is 2. The molecule has 0 aromatic carbocycles. The Labute approximate surface area is 75.6 Å². The van der Waals surface area contributed by atoms with Crippen LogP contribution < -0.4 is 10.6 Å². The van der Waals surface area contributed by atoms with E-state index in [-0.39, 0.29) is 17.9 Å². The van der Waals surface area contributed by atoms with Gasteiger partial charge in [-0.3, -0.25) is 9.59 Å². The monoisotopic (exact) mass is 190 g/mol. The summed E-state index contributed by atoms with van der Waals surface area (Å²) in [5.41, 5.74) is 0. The molecule has 0 saturated carbocycles. The molecule has 2 N–H and O–H groups in total. The minimum atomic E-state index is -0.541. The molecular formula is C7H11ClN2O2. The third-order valence-electron chi connectivity index (χ3n) is 1.69. The van der Waals surface area contributed by atoms with Crippen molar-refractivity contribution in [2.75, 3.05) is 6.54 Å². The van der Waals surface area contributed by atoms with Crippen molar-refractivity contribution in [3.63, 3.8) is 0 Å². The Morgan fingerprint density at radius 2 is 2.50 bits per heavy atom. The van der Waals surface area contributed by atoms with Crippen molar-refractivity contribution in [1.82, 2.24) is 10.6 Å². The van der Waals surface area contributed by atoms with Gasteiger partial charge in [0.2, 0.25) is 11.8 Å². The molecule has 0 aromatic heterocycles. The third-order valence-corrected chi connectivity index (χ3v) is 1.88. The van der Waals surface area contributed by atoms with E-state index in [1.165, 1.54) is 0 Å². The van der Waals surface area contributed by atoms with Gasteiger partial charge in [0, 0.05) is 13.0 Å². The lowest BCUT2D eigenvalue weighted by Gasteiger charge is -2.10. The molecule has 1 aliphatic rings. The minimum absolute atomic E-state index is 0.0254. The van der Waals surface area contributed by atoms with Gasteiger partial charge in [0.25, 0.3) is 0 Å². The van der Waals surface area contributed by atoms with Crippen molar-refractivity contribution in [2.45, 2.75) is 24.8 Å². The maximum absolute atomic E-state index is 11.0. The molecule has 0 radical (unpaired) electrons. The van der Waals surface area contributed by atoms with E-state index in [1.54, 1.807) is 6.92 Å². The lowest BCUT2D eigenvalue weighted by Crippen LogP contribution is -2.39. The van der Waals surface area contributed by atoms with Gasteiger partial charge in [-0.2, -0.15) is 0 Å². The first-order valence-corrected chi connectivity index (χ1v) is 4.24. The summed E-state index contributed by atoms with van der Waals surface area (Å²) in [7, 11) is 0. The number of halogens is 1. The van der Waals surface area contributed by atoms with Gasteiger partial charge < -0.3 is 10.6 Å². The molecule has 4 nitrogen and oxygen atoms in total. The van der Waals surface area contributed by atoms with Gasteiger partial charge in [-0.15, -0.1) is 11.6 Å². The van der Waals surface area contributed by atoms with Crippen LogP contribution in [0.3, 0.4) is 0 Å². The molecule has 1 rings (SSSR count). The van der Waals surface area contributed by atoms with E-state index in [4.69, 9.17) is 11.6 Å². The standard InChI is InChI=1S/C7H11ClN2O2/c1-4(8)7(12)10-5-2-6(11)9-3-5/h4-5H,2-3H2,1H3,(H,9,11)(H,10,12). The molecule has 2 atom stereocenters. The molecule has 1 fully saturated rings. The van der Waals surface area contributed by atoms with Crippen LogP contribution in [0.5, 0.6) is 0 Å². The molecule has 1 heterocycles. The van der Waals surface area contributed by atoms with Crippen LogP contribution >= 0.6 is 11.6 Å². The lowest BCUT2D eigenvalue weighted by atomic mass is 10.2. The molecule has 68 valence electrons. The SMILES string of the molecule is CC(Cl)C(=O)NC1CNC(=O)C1. The summed E-state index contributed by atoms with van der Waals surface area (Å²) in [4.78, 5) is 21.7. The largest absolute Gasteiger partial charge is 0.354 e. The smallest absolute Gasteiger partial charge is 0.238 e. The van der Waals surface area contributed by atoms with Crippen LogP contribution in [-0.2, 0) is 9.59 Å². The normalized spacial score (nSPS) is 24.8. The number of alkyl halides is 1.